The number of nitrogens with one attached hydrogen (secondary N) is 2. The minimum atomic E-state index is -0.416. The van der Waals surface area contributed by atoms with Crippen LogP contribution in [-0.4, -0.2) is 16.2 Å². The standard InChI is InChI=1S/C22H19ClN4O2S/c1-12-9-10-16(11-17(12)23)19-14(3)30-22(25-19)26-21(28)24-18-13(2)29-27-20(18)15-7-5-4-6-8-15/h4-11H,1-3H3,(H2,24,25,26,28). The maximum Gasteiger partial charge on any atom is 0.325 e. The van der Waals surface area contributed by atoms with E-state index in [1.807, 2.05) is 62.4 Å². The Balaban J connectivity index is 1.53. The lowest BCUT2D eigenvalue weighted by atomic mass is 10.1. The van der Waals surface area contributed by atoms with Crippen LogP contribution in [0.25, 0.3) is 22.5 Å². The number of hydrogen-bond donors (Lipinski definition) is 2. The summed E-state index contributed by atoms with van der Waals surface area (Å²) in [4.78, 5) is 18.2. The molecule has 2 aromatic heterocycles. The molecule has 0 bridgehead atoms. The molecule has 2 aromatic carbocycles. The number of aryl methyl sites for hydroxylation is 3. The topological polar surface area (TPSA) is 80.0 Å². The van der Waals surface area contributed by atoms with E-state index >= 15 is 0 Å². The highest BCUT2D eigenvalue weighted by atomic mass is 35.5. The summed E-state index contributed by atoms with van der Waals surface area (Å²) in [6.45, 7) is 5.66. The van der Waals surface area contributed by atoms with Gasteiger partial charge in [0, 0.05) is 21.0 Å². The number of hydrogen-bond acceptors (Lipinski definition) is 5. The Labute approximate surface area is 182 Å². The molecule has 0 spiro atoms. The molecule has 0 aliphatic carbocycles. The van der Waals surface area contributed by atoms with Gasteiger partial charge in [-0.15, -0.1) is 11.3 Å². The zero-order valence-electron chi connectivity index (χ0n) is 16.6. The van der Waals surface area contributed by atoms with Crippen molar-refractivity contribution in [3.05, 3.63) is 69.8 Å². The Bertz CT molecular complexity index is 1220. The summed E-state index contributed by atoms with van der Waals surface area (Å²) in [5.41, 5.74) is 4.67. The number of nitrogens with zero attached hydrogens (tertiary/aromatic N) is 2. The van der Waals surface area contributed by atoms with Crippen LogP contribution in [0.2, 0.25) is 5.02 Å². The molecular weight excluding hydrogens is 420 g/mol. The van der Waals surface area contributed by atoms with E-state index < -0.39 is 6.03 Å². The molecule has 8 heteroatoms. The van der Waals surface area contributed by atoms with Crippen molar-refractivity contribution in [2.45, 2.75) is 20.8 Å². The number of amides is 2. The molecule has 0 unspecified atom stereocenters. The first-order valence-corrected chi connectivity index (χ1v) is 10.5. The zero-order valence-corrected chi connectivity index (χ0v) is 18.2. The van der Waals surface area contributed by atoms with Crippen LogP contribution < -0.4 is 10.6 Å². The molecule has 2 N–H and O–H groups in total. The summed E-state index contributed by atoms with van der Waals surface area (Å²) < 4.78 is 5.29. The molecule has 152 valence electrons. The first-order chi connectivity index (χ1) is 14.4. The van der Waals surface area contributed by atoms with E-state index in [9.17, 15) is 4.79 Å². The van der Waals surface area contributed by atoms with Gasteiger partial charge in [0.05, 0.1) is 5.69 Å². The van der Waals surface area contributed by atoms with Gasteiger partial charge < -0.3 is 9.84 Å². The number of halogens is 1. The van der Waals surface area contributed by atoms with Crippen LogP contribution in [0, 0.1) is 20.8 Å². The molecule has 0 saturated heterocycles. The van der Waals surface area contributed by atoms with Crippen molar-refractivity contribution in [1.29, 1.82) is 0 Å². The van der Waals surface area contributed by atoms with E-state index in [-0.39, 0.29) is 0 Å². The van der Waals surface area contributed by atoms with Gasteiger partial charge in [-0.25, -0.2) is 9.78 Å². The third kappa shape index (κ3) is 4.08. The molecule has 0 radical (unpaired) electrons. The van der Waals surface area contributed by atoms with E-state index in [0.717, 1.165) is 27.3 Å². The van der Waals surface area contributed by atoms with E-state index in [1.54, 1.807) is 6.92 Å². The SMILES string of the molecule is Cc1ccc(-c2nc(NC(=O)Nc3c(-c4ccccc4)noc3C)sc2C)cc1Cl. The van der Waals surface area contributed by atoms with E-state index in [4.69, 9.17) is 16.1 Å². The highest BCUT2D eigenvalue weighted by Gasteiger charge is 2.18. The summed E-state index contributed by atoms with van der Waals surface area (Å²) in [6.07, 6.45) is 0. The fraction of sp³-hybridized carbons (Fsp3) is 0.136. The molecule has 0 fully saturated rings. The van der Waals surface area contributed by atoms with Crippen LogP contribution in [0.15, 0.2) is 53.1 Å². The third-order valence-corrected chi connectivity index (χ3v) is 5.90. The van der Waals surface area contributed by atoms with Gasteiger partial charge in [-0.3, -0.25) is 5.32 Å². The van der Waals surface area contributed by atoms with Gasteiger partial charge in [-0.05, 0) is 32.4 Å². The third-order valence-electron chi connectivity index (χ3n) is 4.61. The zero-order chi connectivity index (χ0) is 21.3. The van der Waals surface area contributed by atoms with Crippen LogP contribution in [0.4, 0.5) is 15.6 Å². The highest BCUT2D eigenvalue weighted by Crippen LogP contribution is 2.33. The second kappa shape index (κ2) is 8.30. The van der Waals surface area contributed by atoms with Crippen LogP contribution in [0.5, 0.6) is 0 Å². The van der Waals surface area contributed by atoms with E-state index in [1.165, 1.54) is 11.3 Å². The molecule has 2 heterocycles. The average molecular weight is 439 g/mol. The lowest BCUT2D eigenvalue weighted by molar-refractivity contribution is 0.262. The molecule has 30 heavy (non-hydrogen) atoms. The lowest BCUT2D eigenvalue weighted by Crippen LogP contribution is -2.19. The number of anilines is 2. The van der Waals surface area contributed by atoms with Crippen molar-refractivity contribution in [2.24, 2.45) is 0 Å². The molecule has 0 aliphatic rings. The van der Waals surface area contributed by atoms with Gasteiger partial charge >= 0.3 is 6.03 Å². The summed E-state index contributed by atoms with van der Waals surface area (Å²) in [5, 5.41) is 10.9. The quantitative estimate of drug-likeness (QED) is 0.372. The van der Waals surface area contributed by atoms with Gasteiger partial charge in [0.2, 0.25) is 0 Å². The lowest BCUT2D eigenvalue weighted by Gasteiger charge is -2.06. The van der Waals surface area contributed by atoms with Crippen LogP contribution >= 0.6 is 22.9 Å². The Morgan fingerprint density at radius 2 is 1.77 bits per heavy atom. The molecule has 2 amide bonds. The van der Waals surface area contributed by atoms with E-state index in [2.05, 4.69) is 20.8 Å². The van der Waals surface area contributed by atoms with Crippen molar-refractivity contribution in [1.82, 2.24) is 10.1 Å². The number of thiazole rings is 1. The van der Waals surface area contributed by atoms with Crippen molar-refractivity contribution < 1.29 is 9.32 Å². The number of urea groups is 1. The normalized spacial score (nSPS) is 10.8. The molecule has 0 aliphatic heterocycles. The Morgan fingerprint density at radius 3 is 2.50 bits per heavy atom. The van der Waals surface area contributed by atoms with Crippen LogP contribution in [0.3, 0.4) is 0 Å². The first kappa shape index (κ1) is 20.1. The molecule has 0 saturated carbocycles. The Kier molecular flexibility index (Phi) is 5.57. The minimum Gasteiger partial charge on any atom is -0.359 e. The largest absolute Gasteiger partial charge is 0.359 e. The van der Waals surface area contributed by atoms with Crippen LogP contribution in [-0.2, 0) is 0 Å². The second-order valence-electron chi connectivity index (χ2n) is 6.80. The highest BCUT2D eigenvalue weighted by molar-refractivity contribution is 7.16. The Morgan fingerprint density at radius 1 is 1.00 bits per heavy atom. The summed E-state index contributed by atoms with van der Waals surface area (Å²) >= 11 is 7.65. The van der Waals surface area contributed by atoms with Gasteiger partial charge in [0.25, 0.3) is 0 Å². The molecular formula is C22H19ClN4O2S. The maximum atomic E-state index is 12.6. The minimum absolute atomic E-state index is 0.416. The first-order valence-electron chi connectivity index (χ1n) is 9.26. The number of carbonyl (C=O) groups is 1. The number of benzene rings is 2. The second-order valence-corrected chi connectivity index (χ2v) is 8.41. The summed E-state index contributed by atoms with van der Waals surface area (Å²) in [6, 6.07) is 14.9. The molecule has 4 aromatic rings. The number of carbonyl (C=O) groups excluding carboxylic acids is 1. The Hall–Kier alpha value is -3.16. The number of aromatic nitrogens is 2. The van der Waals surface area contributed by atoms with Crippen molar-refractivity contribution in [3.8, 4) is 22.5 Å². The van der Waals surface area contributed by atoms with Gasteiger partial charge in [0.1, 0.15) is 11.4 Å². The molecule has 0 atom stereocenters. The van der Waals surface area contributed by atoms with Gasteiger partial charge in [0.15, 0.2) is 10.9 Å². The fourth-order valence-corrected chi connectivity index (χ4v) is 4.02. The smallest absolute Gasteiger partial charge is 0.325 e. The van der Waals surface area contributed by atoms with Crippen molar-refractivity contribution >= 4 is 39.8 Å². The van der Waals surface area contributed by atoms with Gasteiger partial charge in [-0.2, -0.15) is 0 Å². The fourth-order valence-electron chi connectivity index (χ4n) is 3.01. The van der Waals surface area contributed by atoms with Gasteiger partial charge in [-0.1, -0.05) is 59.2 Å². The van der Waals surface area contributed by atoms with Crippen molar-refractivity contribution in [3.63, 3.8) is 0 Å². The molecule has 4 rings (SSSR count). The maximum absolute atomic E-state index is 12.6. The van der Waals surface area contributed by atoms with Crippen LogP contribution in [0.1, 0.15) is 16.2 Å². The summed E-state index contributed by atoms with van der Waals surface area (Å²) in [5.74, 6) is 0.523. The predicted octanol–water partition coefficient (Wildman–Crippen LogP) is 6.69. The summed E-state index contributed by atoms with van der Waals surface area (Å²) in [7, 11) is 0. The number of rotatable bonds is 4. The molecule has 6 nitrogen and oxygen atoms in total. The predicted molar refractivity (Wildman–Crippen MR) is 121 cm³/mol. The monoisotopic (exact) mass is 438 g/mol. The average Bonchev–Trinajstić information content (AvgIpc) is 3.27. The van der Waals surface area contributed by atoms with E-state index in [0.29, 0.717) is 27.3 Å². The van der Waals surface area contributed by atoms with Crippen molar-refractivity contribution in [2.75, 3.05) is 10.6 Å².